The Morgan fingerprint density at radius 1 is 0.871 bits per heavy atom. The quantitative estimate of drug-likeness (QED) is 0.307. The summed E-state index contributed by atoms with van der Waals surface area (Å²) < 4.78 is 0. The van der Waals surface area contributed by atoms with E-state index in [4.69, 9.17) is 23.2 Å². The van der Waals surface area contributed by atoms with Gasteiger partial charge in [-0.05, 0) is 59.0 Å². The van der Waals surface area contributed by atoms with Crippen LogP contribution in [0.4, 0.5) is 0 Å². The molecule has 0 saturated heterocycles. The molecule has 1 aliphatic rings. The first-order valence-corrected chi connectivity index (χ1v) is 11.7. The summed E-state index contributed by atoms with van der Waals surface area (Å²) in [6, 6.07) is 27.5. The summed E-state index contributed by atoms with van der Waals surface area (Å²) in [5, 5.41) is 1.36. The average molecular weight is 464 g/mol. The van der Waals surface area contributed by atoms with Crippen LogP contribution >= 0.6 is 34.5 Å². The number of carbonyl (C=O) groups is 1. The van der Waals surface area contributed by atoms with Gasteiger partial charge in [-0.2, -0.15) is 0 Å². The molecular formula is C26H19Cl2NOS. The van der Waals surface area contributed by atoms with E-state index >= 15 is 0 Å². The summed E-state index contributed by atoms with van der Waals surface area (Å²) in [6.45, 7) is 0.649. The van der Waals surface area contributed by atoms with E-state index in [-0.39, 0.29) is 11.9 Å². The van der Waals surface area contributed by atoms with Gasteiger partial charge in [0.2, 0.25) is 0 Å². The van der Waals surface area contributed by atoms with Crippen molar-refractivity contribution in [1.29, 1.82) is 0 Å². The Balaban J connectivity index is 1.54. The van der Waals surface area contributed by atoms with Crippen molar-refractivity contribution in [2.24, 2.45) is 0 Å². The zero-order valence-electron chi connectivity index (χ0n) is 16.6. The molecule has 5 heteroatoms. The van der Waals surface area contributed by atoms with Crippen LogP contribution in [-0.4, -0.2) is 17.4 Å². The summed E-state index contributed by atoms with van der Waals surface area (Å²) >= 11 is 14.2. The Labute approximate surface area is 195 Å². The number of benzene rings is 3. The second-order valence-electron chi connectivity index (χ2n) is 7.55. The second kappa shape index (κ2) is 8.51. The van der Waals surface area contributed by atoms with Crippen LogP contribution in [0.1, 0.15) is 32.4 Å². The van der Waals surface area contributed by atoms with Crippen molar-refractivity contribution in [2.75, 3.05) is 6.54 Å². The normalized spacial score (nSPS) is 15.5. The lowest BCUT2D eigenvalue weighted by Gasteiger charge is -2.38. The highest BCUT2D eigenvalue weighted by Gasteiger charge is 2.34. The van der Waals surface area contributed by atoms with E-state index in [2.05, 4.69) is 18.2 Å². The number of nitrogens with zero attached hydrogens (tertiary/aromatic N) is 1. The number of carbonyl (C=O) groups excluding carboxylic acids is 1. The van der Waals surface area contributed by atoms with Crippen LogP contribution in [0, 0.1) is 0 Å². The minimum absolute atomic E-state index is 0.0256. The average Bonchev–Trinajstić information content (AvgIpc) is 3.29. The molecule has 2 heterocycles. The lowest BCUT2D eigenvalue weighted by Crippen LogP contribution is -2.40. The summed E-state index contributed by atoms with van der Waals surface area (Å²) in [4.78, 5) is 17.4. The highest BCUT2D eigenvalue weighted by molar-refractivity contribution is 7.17. The standard InChI is InChI=1S/C26H19Cl2NOS/c27-19-8-5-7-18(16-19)23-12-13-24(31-23)26(30)29-15-14-17-6-1-2-9-20(17)25(29)21-10-3-4-11-22(21)28/h1-13,16,25H,14-15H2. The molecule has 154 valence electrons. The Hall–Kier alpha value is -2.59. The van der Waals surface area contributed by atoms with Gasteiger partial charge < -0.3 is 4.90 Å². The zero-order valence-corrected chi connectivity index (χ0v) is 18.9. The first-order valence-electron chi connectivity index (χ1n) is 10.1. The fraction of sp³-hybridized carbons (Fsp3) is 0.115. The zero-order chi connectivity index (χ0) is 21.4. The van der Waals surface area contributed by atoms with Gasteiger partial charge in [-0.15, -0.1) is 11.3 Å². The van der Waals surface area contributed by atoms with E-state index < -0.39 is 0 Å². The van der Waals surface area contributed by atoms with E-state index in [0.717, 1.165) is 28.0 Å². The molecule has 0 N–H and O–H groups in total. The molecule has 0 bridgehead atoms. The summed E-state index contributed by atoms with van der Waals surface area (Å²) in [6.07, 6.45) is 0.829. The predicted octanol–water partition coefficient (Wildman–Crippen LogP) is 7.51. The summed E-state index contributed by atoms with van der Waals surface area (Å²) in [5.74, 6) is 0.0256. The second-order valence-corrected chi connectivity index (χ2v) is 9.47. The third-order valence-corrected chi connectivity index (χ3v) is 7.37. The molecule has 2 nitrogen and oxygen atoms in total. The van der Waals surface area contributed by atoms with Gasteiger partial charge >= 0.3 is 0 Å². The number of halogens is 2. The first kappa shape index (κ1) is 20.3. The van der Waals surface area contributed by atoms with Crippen molar-refractivity contribution >= 4 is 40.4 Å². The molecule has 3 aromatic carbocycles. The van der Waals surface area contributed by atoms with Crippen molar-refractivity contribution in [2.45, 2.75) is 12.5 Å². The van der Waals surface area contributed by atoms with Gasteiger partial charge in [0.25, 0.3) is 5.91 Å². The van der Waals surface area contributed by atoms with Crippen LogP contribution in [0.15, 0.2) is 84.9 Å². The van der Waals surface area contributed by atoms with Gasteiger partial charge in [0.15, 0.2) is 0 Å². The van der Waals surface area contributed by atoms with Crippen LogP contribution in [0.25, 0.3) is 10.4 Å². The maximum Gasteiger partial charge on any atom is 0.264 e. The highest BCUT2D eigenvalue weighted by Crippen LogP contribution is 2.40. The van der Waals surface area contributed by atoms with Crippen LogP contribution in [0.2, 0.25) is 10.0 Å². The van der Waals surface area contributed by atoms with Gasteiger partial charge in [0.05, 0.1) is 10.9 Å². The minimum Gasteiger partial charge on any atom is -0.326 e. The predicted molar refractivity (Wildman–Crippen MR) is 129 cm³/mol. The van der Waals surface area contributed by atoms with E-state index in [0.29, 0.717) is 21.5 Å². The molecule has 1 aromatic heterocycles. The van der Waals surface area contributed by atoms with Crippen LogP contribution in [0.5, 0.6) is 0 Å². The molecule has 5 rings (SSSR count). The number of rotatable bonds is 3. The summed E-state index contributed by atoms with van der Waals surface area (Å²) in [7, 11) is 0. The molecule has 1 aliphatic heterocycles. The minimum atomic E-state index is -0.206. The van der Waals surface area contributed by atoms with Crippen LogP contribution in [0.3, 0.4) is 0 Å². The van der Waals surface area contributed by atoms with E-state index in [9.17, 15) is 4.79 Å². The fourth-order valence-corrected chi connectivity index (χ4v) is 5.60. The number of thiophene rings is 1. The van der Waals surface area contributed by atoms with E-state index in [1.54, 1.807) is 0 Å². The number of amides is 1. The van der Waals surface area contributed by atoms with Crippen LogP contribution in [-0.2, 0) is 6.42 Å². The van der Waals surface area contributed by atoms with Gasteiger partial charge in [-0.1, -0.05) is 77.8 Å². The van der Waals surface area contributed by atoms with Crippen LogP contribution < -0.4 is 0 Å². The molecular weight excluding hydrogens is 445 g/mol. The van der Waals surface area contributed by atoms with E-state index in [1.807, 2.05) is 71.6 Å². The smallest absolute Gasteiger partial charge is 0.264 e. The monoisotopic (exact) mass is 463 g/mol. The van der Waals surface area contributed by atoms with Gasteiger partial charge in [-0.25, -0.2) is 0 Å². The van der Waals surface area contributed by atoms with Gasteiger partial charge in [0.1, 0.15) is 0 Å². The third kappa shape index (κ3) is 3.89. The topological polar surface area (TPSA) is 20.3 Å². The van der Waals surface area contributed by atoms with Crippen molar-refractivity contribution in [1.82, 2.24) is 4.90 Å². The van der Waals surface area contributed by atoms with Gasteiger partial charge in [-0.3, -0.25) is 4.79 Å². The Bertz CT molecular complexity index is 1270. The SMILES string of the molecule is O=C(c1ccc(-c2cccc(Cl)c2)s1)N1CCc2ccccc2C1c1ccccc1Cl. The van der Waals surface area contributed by atoms with Crippen molar-refractivity contribution in [3.63, 3.8) is 0 Å². The lowest BCUT2D eigenvalue weighted by atomic mass is 9.88. The number of hydrogen-bond acceptors (Lipinski definition) is 2. The maximum absolute atomic E-state index is 13.7. The molecule has 31 heavy (non-hydrogen) atoms. The molecule has 1 atom stereocenters. The fourth-order valence-electron chi connectivity index (χ4n) is 4.21. The molecule has 0 spiro atoms. The molecule has 0 saturated carbocycles. The summed E-state index contributed by atoms with van der Waals surface area (Å²) in [5.41, 5.74) is 4.38. The third-order valence-electron chi connectivity index (χ3n) is 5.67. The highest BCUT2D eigenvalue weighted by atomic mass is 35.5. The van der Waals surface area contributed by atoms with Gasteiger partial charge in [0, 0.05) is 21.5 Å². The molecule has 0 aliphatic carbocycles. The molecule has 0 radical (unpaired) electrons. The molecule has 0 fully saturated rings. The Morgan fingerprint density at radius 2 is 1.65 bits per heavy atom. The Kier molecular flexibility index (Phi) is 5.58. The molecule has 1 unspecified atom stereocenters. The number of fused-ring (bicyclic) bond motifs is 1. The largest absolute Gasteiger partial charge is 0.326 e. The number of hydrogen-bond donors (Lipinski definition) is 0. The molecule has 4 aromatic rings. The van der Waals surface area contributed by atoms with E-state index in [1.165, 1.54) is 16.9 Å². The van der Waals surface area contributed by atoms with Crippen molar-refractivity contribution < 1.29 is 4.79 Å². The lowest BCUT2D eigenvalue weighted by molar-refractivity contribution is 0.0699. The Morgan fingerprint density at radius 3 is 2.45 bits per heavy atom. The van der Waals surface area contributed by atoms with Crippen molar-refractivity contribution in [3.8, 4) is 10.4 Å². The van der Waals surface area contributed by atoms with Crippen molar-refractivity contribution in [3.05, 3.63) is 117 Å². The first-order chi connectivity index (χ1) is 15.1. The maximum atomic E-state index is 13.7. The molecule has 1 amide bonds.